The summed E-state index contributed by atoms with van der Waals surface area (Å²) in [5.74, 6) is -3.62. The Hall–Kier alpha value is -2.32. The van der Waals surface area contributed by atoms with E-state index in [0.29, 0.717) is 38.8 Å². The Balaban J connectivity index is 5.50. The molecule has 13 heteroatoms. The van der Waals surface area contributed by atoms with Crippen LogP contribution in [-0.4, -0.2) is 88.5 Å². The molecule has 0 aromatic heterocycles. The van der Waals surface area contributed by atoms with Crippen LogP contribution >= 0.6 is 0 Å². The van der Waals surface area contributed by atoms with E-state index in [4.69, 9.17) is 17.2 Å². The van der Waals surface area contributed by atoms with Gasteiger partial charge in [0.05, 0.1) is 12.2 Å². The third-order valence-corrected chi connectivity index (χ3v) is 5.03. The summed E-state index contributed by atoms with van der Waals surface area (Å²) in [7, 11) is 0. The van der Waals surface area contributed by atoms with Crippen LogP contribution in [0.1, 0.15) is 52.4 Å². The second-order valence-electron chi connectivity index (χ2n) is 8.02. The van der Waals surface area contributed by atoms with Gasteiger partial charge in [0.2, 0.25) is 17.7 Å². The van der Waals surface area contributed by atoms with E-state index in [0.717, 1.165) is 0 Å². The summed E-state index contributed by atoms with van der Waals surface area (Å²) >= 11 is 0. The van der Waals surface area contributed by atoms with Crippen LogP contribution in [0.5, 0.6) is 0 Å². The van der Waals surface area contributed by atoms with E-state index in [1.165, 1.54) is 13.8 Å². The third kappa shape index (κ3) is 11.9. The molecule has 33 heavy (non-hydrogen) atoms. The number of unbranched alkanes of at least 4 members (excludes halogenated alkanes) is 2. The molecule has 0 spiro atoms. The number of carbonyl (C=O) groups is 4. The highest BCUT2D eigenvalue weighted by atomic mass is 16.4. The summed E-state index contributed by atoms with van der Waals surface area (Å²) < 4.78 is 0. The number of aliphatic hydroxyl groups is 2. The molecule has 0 aliphatic carbocycles. The van der Waals surface area contributed by atoms with Crippen molar-refractivity contribution in [1.82, 2.24) is 16.0 Å². The number of aliphatic carboxylic acids is 1. The maximum atomic E-state index is 12.9. The summed E-state index contributed by atoms with van der Waals surface area (Å²) in [6.07, 6.45) is 0.0134. The molecule has 0 unspecified atom stereocenters. The lowest BCUT2D eigenvalue weighted by Crippen LogP contribution is -2.59. The number of amides is 3. The number of nitrogens with two attached hydrogens (primary N) is 3. The SMILES string of the molecule is C[C@H](O)[C@@H](N)C(=O)N[C@H](CCCCN)C(=O)N[C@H](CCCCN)C(=O)N[C@@H](C(=O)O)[C@@H](C)O. The molecule has 0 saturated heterocycles. The van der Waals surface area contributed by atoms with E-state index in [9.17, 15) is 34.5 Å². The van der Waals surface area contributed by atoms with Gasteiger partial charge in [-0.15, -0.1) is 0 Å². The molecule has 0 aromatic rings. The maximum absolute atomic E-state index is 12.9. The molecule has 13 nitrogen and oxygen atoms in total. The van der Waals surface area contributed by atoms with E-state index < -0.39 is 60.1 Å². The summed E-state index contributed by atoms with van der Waals surface area (Å²) in [6.45, 7) is 3.31. The number of hydrogen-bond acceptors (Lipinski definition) is 9. The minimum atomic E-state index is -1.56. The summed E-state index contributed by atoms with van der Waals surface area (Å²) in [4.78, 5) is 49.2. The molecule has 0 bridgehead atoms. The van der Waals surface area contributed by atoms with Crippen molar-refractivity contribution in [2.45, 2.75) is 88.7 Å². The van der Waals surface area contributed by atoms with Gasteiger partial charge in [-0.05, 0) is 65.5 Å². The van der Waals surface area contributed by atoms with Crippen LogP contribution in [0.3, 0.4) is 0 Å². The predicted molar refractivity (Wildman–Crippen MR) is 121 cm³/mol. The van der Waals surface area contributed by atoms with E-state index in [-0.39, 0.29) is 12.8 Å². The van der Waals surface area contributed by atoms with Gasteiger partial charge in [0.1, 0.15) is 18.1 Å². The monoisotopic (exact) mass is 476 g/mol. The quantitative estimate of drug-likeness (QED) is 0.0955. The number of aliphatic hydroxyl groups excluding tert-OH is 2. The number of carboxylic acids is 1. The van der Waals surface area contributed by atoms with Crippen molar-refractivity contribution in [2.75, 3.05) is 13.1 Å². The molecule has 6 atom stereocenters. The van der Waals surface area contributed by atoms with E-state index in [1.807, 2.05) is 0 Å². The smallest absolute Gasteiger partial charge is 0.328 e. The van der Waals surface area contributed by atoms with Gasteiger partial charge in [-0.2, -0.15) is 0 Å². The molecule has 0 saturated carbocycles. The largest absolute Gasteiger partial charge is 0.480 e. The first-order valence-electron chi connectivity index (χ1n) is 11.1. The van der Waals surface area contributed by atoms with Crippen molar-refractivity contribution in [1.29, 1.82) is 0 Å². The van der Waals surface area contributed by atoms with Gasteiger partial charge < -0.3 is 48.5 Å². The summed E-state index contributed by atoms with van der Waals surface area (Å²) in [5.41, 5.74) is 16.6. The van der Waals surface area contributed by atoms with Gasteiger partial charge in [0.15, 0.2) is 6.04 Å². The zero-order valence-electron chi connectivity index (χ0n) is 19.3. The first-order chi connectivity index (χ1) is 15.5. The highest BCUT2D eigenvalue weighted by molar-refractivity contribution is 5.94. The molecule has 3 amide bonds. The van der Waals surface area contributed by atoms with E-state index in [1.54, 1.807) is 0 Å². The Bertz CT molecular complexity index is 632. The molecule has 0 aliphatic heterocycles. The van der Waals surface area contributed by atoms with Crippen LogP contribution in [0.4, 0.5) is 0 Å². The highest BCUT2D eigenvalue weighted by Gasteiger charge is 2.32. The van der Waals surface area contributed by atoms with Gasteiger partial charge in [0.25, 0.3) is 0 Å². The predicted octanol–water partition coefficient (Wildman–Crippen LogP) is -3.13. The molecule has 0 fully saturated rings. The molecular weight excluding hydrogens is 436 g/mol. The highest BCUT2D eigenvalue weighted by Crippen LogP contribution is 2.07. The van der Waals surface area contributed by atoms with Crippen LogP contribution in [0.25, 0.3) is 0 Å². The lowest BCUT2D eigenvalue weighted by Gasteiger charge is -2.26. The molecule has 192 valence electrons. The van der Waals surface area contributed by atoms with Gasteiger partial charge in [0, 0.05) is 0 Å². The van der Waals surface area contributed by atoms with Crippen LogP contribution in [-0.2, 0) is 19.2 Å². The van der Waals surface area contributed by atoms with Gasteiger partial charge in [-0.25, -0.2) is 4.79 Å². The zero-order valence-corrected chi connectivity index (χ0v) is 19.3. The average Bonchev–Trinajstić information content (AvgIpc) is 2.74. The number of nitrogens with one attached hydrogen (secondary N) is 3. The minimum Gasteiger partial charge on any atom is -0.480 e. The number of rotatable bonds is 17. The van der Waals surface area contributed by atoms with Gasteiger partial charge in [-0.1, -0.05) is 0 Å². The van der Waals surface area contributed by atoms with Gasteiger partial charge in [-0.3, -0.25) is 14.4 Å². The second-order valence-corrected chi connectivity index (χ2v) is 8.02. The lowest BCUT2D eigenvalue weighted by molar-refractivity contribution is -0.145. The molecule has 0 heterocycles. The number of carboxylic acid groups (broad SMARTS) is 1. The molecule has 0 aliphatic rings. The lowest BCUT2D eigenvalue weighted by atomic mass is 10.0. The molecular formula is C20H40N6O7. The van der Waals surface area contributed by atoms with Crippen molar-refractivity contribution in [3.05, 3.63) is 0 Å². The Morgan fingerprint density at radius 2 is 1.15 bits per heavy atom. The van der Waals surface area contributed by atoms with Gasteiger partial charge >= 0.3 is 5.97 Å². The Labute approximate surface area is 193 Å². The van der Waals surface area contributed by atoms with Crippen molar-refractivity contribution in [3.63, 3.8) is 0 Å². The summed E-state index contributed by atoms with van der Waals surface area (Å²) in [5, 5.41) is 35.6. The average molecular weight is 477 g/mol. The Morgan fingerprint density at radius 3 is 1.52 bits per heavy atom. The Kier molecular flexibility index (Phi) is 15.2. The normalized spacial score (nSPS) is 16.6. The fourth-order valence-corrected chi connectivity index (χ4v) is 2.93. The van der Waals surface area contributed by atoms with Crippen LogP contribution in [0, 0.1) is 0 Å². The first-order valence-corrected chi connectivity index (χ1v) is 11.1. The Morgan fingerprint density at radius 1 is 0.727 bits per heavy atom. The van der Waals surface area contributed by atoms with E-state index in [2.05, 4.69) is 16.0 Å². The van der Waals surface area contributed by atoms with Crippen LogP contribution in [0.15, 0.2) is 0 Å². The first kappa shape index (κ1) is 30.7. The standard InChI is InChI=1S/C20H40N6O7/c1-11(27)15(23)19(31)25-13(7-3-5-9-21)17(29)24-14(8-4-6-10-22)18(30)26-16(12(2)28)20(32)33/h11-16,27-28H,3-10,21-23H2,1-2H3,(H,24,29)(H,25,31)(H,26,30)(H,32,33)/t11-,12+,13+,14+,15+,16+/m0/s1. The minimum absolute atomic E-state index is 0.164. The number of carbonyl (C=O) groups excluding carboxylic acids is 3. The van der Waals surface area contributed by atoms with Crippen LogP contribution in [0.2, 0.25) is 0 Å². The molecule has 12 N–H and O–H groups in total. The van der Waals surface area contributed by atoms with Crippen molar-refractivity contribution >= 4 is 23.7 Å². The maximum Gasteiger partial charge on any atom is 0.328 e. The zero-order chi connectivity index (χ0) is 25.6. The van der Waals surface area contributed by atoms with E-state index >= 15 is 0 Å². The number of hydrogen-bond donors (Lipinski definition) is 9. The second kappa shape index (κ2) is 16.3. The van der Waals surface area contributed by atoms with Crippen molar-refractivity contribution in [2.24, 2.45) is 17.2 Å². The molecule has 0 aromatic carbocycles. The molecule has 0 radical (unpaired) electrons. The summed E-state index contributed by atoms with van der Waals surface area (Å²) in [6, 6.07) is -4.98. The van der Waals surface area contributed by atoms with Crippen molar-refractivity contribution in [3.8, 4) is 0 Å². The fourth-order valence-electron chi connectivity index (χ4n) is 2.93. The fraction of sp³-hybridized carbons (Fsp3) is 0.800. The molecule has 0 rings (SSSR count). The third-order valence-electron chi connectivity index (χ3n) is 5.03. The van der Waals surface area contributed by atoms with Crippen LogP contribution < -0.4 is 33.2 Å². The van der Waals surface area contributed by atoms with Crippen molar-refractivity contribution < 1.29 is 34.5 Å². The topological polar surface area (TPSA) is 243 Å².